The van der Waals surface area contributed by atoms with Crippen LogP contribution in [0.4, 0.5) is 0 Å². The molecule has 0 aromatic rings. The second-order valence-corrected chi connectivity index (χ2v) is 5.51. The van der Waals surface area contributed by atoms with E-state index in [2.05, 4.69) is 6.08 Å². The Kier molecular flexibility index (Phi) is 3.10. The summed E-state index contributed by atoms with van der Waals surface area (Å²) in [6, 6.07) is 0.277. The van der Waals surface area contributed by atoms with Crippen LogP contribution in [-0.4, -0.2) is 47.3 Å². The van der Waals surface area contributed by atoms with Crippen molar-refractivity contribution in [1.82, 2.24) is 9.80 Å². The van der Waals surface area contributed by atoms with Crippen LogP contribution in [0.25, 0.3) is 0 Å². The van der Waals surface area contributed by atoms with Gasteiger partial charge in [0.15, 0.2) is 0 Å². The van der Waals surface area contributed by atoms with Gasteiger partial charge in [0.1, 0.15) is 0 Å². The maximum atomic E-state index is 12.4. The second-order valence-electron chi connectivity index (χ2n) is 5.51. The first-order valence-corrected chi connectivity index (χ1v) is 7.03. The fraction of sp³-hybridized carbons (Fsp3) is 0.714. The molecule has 2 aliphatic heterocycles. The number of nitrogens with zero attached hydrogens (tertiary/aromatic N) is 2. The number of hydrogen-bond acceptors (Lipinski definition) is 2. The fourth-order valence-electron chi connectivity index (χ4n) is 3.28. The number of carbonyl (C=O) groups excluding carboxylic acids is 2. The van der Waals surface area contributed by atoms with Gasteiger partial charge in [-0.1, -0.05) is 6.08 Å². The van der Waals surface area contributed by atoms with Crippen LogP contribution >= 0.6 is 0 Å². The minimum atomic E-state index is 0.216. The number of carbonyl (C=O) groups is 2. The number of fused-ring (bicyclic) bond motifs is 1. The largest absolute Gasteiger partial charge is 0.336 e. The average Bonchev–Trinajstić information content (AvgIpc) is 2.80. The minimum Gasteiger partial charge on any atom is -0.336 e. The molecule has 0 saturated carbocycles. The van der Waals surface area contributed by atoms with Crippen LogP contribution < -0.4 is 0 Å². The van der Waals surface area contributed by atoms with Crippen LogP contribution in [0.15, 0.2) is 11.6 Å². The molecule has 0 N–H and O–H groups in total. The Labute approximate surface area is 108 Å². The predicted octanol–water partition coefficient (Wildman–Crippen LogP) is 1.32. The van der Waals surface area contributed by atoms with Gasteiger partial charge < -0.3 is 9.80 Å². The molecule has 2 heterocycles. The SMILES string of the molecule is O=C(C1=CCCCC1)N1CCN2C(=O)CCC2C1. The molecule has 1 atom stereocenters. The molecule has 1 unspecified atom stereocenters. The Bertz CT molecular complexity index is 403. The van der Waals surface area contributed by atoms with Crippen molar-refractivity contribution in [2.24, 2.45) is 0 Å². The standard InChI is InChI=1S/C14H20N2O2/c17-13-7-6-12-10-15(8-9-16(12)13)14(18)11-4-2-1-3-5-11/h4,12H,1-3,5-10H2. The quantitative estimate of drug-likeness (QED) is 0.702. The van der Waals surface area contributed by atoms with Gasteiger partial charge in [0.05, 0.1) is 0 Å². The Hall–Kier alpha value is -1.32. The lowest BCUT2D eigenvalue weighted by Crippen LogP contribution is -2.53. The zero-order chi connectivity index (χ0) is 12.5. The molecule has 2 amide bonds. The van der Waals surface area contributed by atoms with Crippen LogP contribution in [0.5, 0.6) is 0 Å². The Morgan fingerprint density at radius 2 is 2.11 bits per heavy atom. The molecule has 0 aromatic heterocycles. The molecule has 4 heteroatoms. The van der Waals surface area contributed by atoms with Crippen molar-refractivity contribution in [3.8, 4) is 0 Å². The van der Waals surface area contributed by atoms with Crippen LogP contribution in [0.2, 0.25) is 0 Å². The Morgan fingerprint density at radius 1 is 1.22 bits per heavy atom. The third-order valence-corrected chi connectivity index (χ3v) is 4.35. The highest BCUT2D eigenvalue weighted by Crippen LogP contribution is 2.25. The number of amides is 2. The first-order valence-electron chi connectivity index (χ1n) is 7.03. The summed E-state index contributed by atoms with van der Waals surface area (Å²) in [5.41, 5.74) is 0.999. The summed E-state index contributed by atoms with van der Waals surface area (Å²) >= 11 is 0. The van der Waals surface area contributed by atoms with Gasteiger partial charge in [-0.3, -0.25) is 9.59 Å². The molecule has 3 aliphatic rings. The summed E-state index contributed by atoms with van der Waals surface area (Å²) in [7, 11) is 0. The first kappa shape index (κ1) is 11.8. The van der Waals surface area contributed by atoms with E-state index in [1.54, 1.807) is 0 Å². The molecule has 2 fully saturated rings. The van der Waals surface area contributed by atoms with Gasteiger partial charge in [0, 0.05) is 37.7 Å². The number of hydrogen-bond donors (Lipinski definition) is 0. The summed E-state index contributed by atoms with van der Waals surface area (Å²) in [6.07, 6.45) is 8.02. The molecule has 2 saturated heterocycles. The van der Waals surface area contributed by atoms with Crippen molar-refractivity contribution in [2.45, 2.75) is 44.6 Å². The van der Waals surface area contributed by atoms with Crippen LogP contribution in [-0.2, 0) is 9.59 Å². The van der Waals surface area contributed by atoms with Crippen molar-refractivity contribution in [3.63, 3.8) is 0 Å². The molecule has 18 heavy (non-hydrogen) atoms. The maximum absolute atomic E-state index is 12.4. The Morgan fingerprint density at radius 3 is 2.89 bits per heavy atom. The normalized spacial score (nSPS) is 28.1. The molecule has 4 nitrogen and oxygen atoms in total. The van der Waals surface area contributed by atoms with E-state index in [0.717, 1.165) is 44.3 Å². The lowest BCUT2D eigenvalue weighted by atomic mass is 9.98. The average molecular weight is 248 g/mol. The summed E-state index contributed by atoms with van der Waals surface area (Å²) in [5.74, 6) is 0.484. The van der Waals surface area contributed by atoms with Gasteiger partial charge in [-0.05, 0) is 32.1 Å². The van der Waals surface area contributed by atoms with Gasteiger partial charge in [-0.15, -0.1) is 0 Å². The van der Waals surface area contributed by atoms with Gasteiger partial charge in [-0.2, -0.15) is 0 Å². The zero-order valence-corrected chi connectivity index (χ0v) is 10.7. The van der Waals surface area contributed by atoms with Crippen molar-refractivity contribution in [3.05, 3.63) is 11.6 Å². The molecule has 0 aromatic carbocycles. The van der Waals surface area contributed by atoms with Crippen molar-refractivity contribution < 1.29 is 9.59 Å². The third-order valence-electron chi connectivity index (χ3n) is 4.35. The summed E-state index contributed by atoms with van der Waals surface area (Å²) in [5, 5.41) is 0. The van der Waals surface area contributed by atoms with E-state index < -0.39 is 0 Å². The third kappa shape index (κ3) is 2.04. The van der Waals surface area contributed by atoms with Gasteiger partial charge in [-0.25, -0.2) is 0 Å². The maximum Gasteiger partial charge on any atom is 0.249 e. The zero-order valence-electron chi connectivity index (χ0n) is 10.7. The van der Waals surface area contributed by atoms with Crippen LogP contribution in [0.1, 0.15) is 38.5 Å². The number of rotatable bonds is 1. The number of piperazine rings is 1. The highest BCUT2D eigenvalue weighted by Gasteiger charge is 2.37. The van der Waals surface area contributed by atoms with Crippen molar-refractivity contribution in [2.75, 3.05) is 19.6 Å². The minimum absolute atomic E-state index is 0.216. The van der Waals surface area contributed by atoms with Gasteiger partial charge >= 0.3 is 0 Å². The molecule has 0 radical (unpaired) electrons. The van der Waals surface area contributed by atoms with Crippen LogP contribution in [0, 0.1) is 0 Å². The second kappa shape index (κ2) is 4.75. The van der Waals surface area contributed by atoms with E-state index in [-0.39, 0.29) is 17.9 Å². The van der Waals surface area contributed by atoms with E-state index in [0.29, 0.717) is 13.0 Å². The molecule has 3 rings (SSSR count). The van der Waals surface area contributed by atoms with Crippen molar-refractivity contribution in [1.29, 1.82) is 0 Å². The predicted molar refractivity (Wildman–Crippen MR) is 67.9 cm³/mol. The monoisotopic (exact) mass is 248 g/mol. The van der Waals surface area contributed by atoms with E-state index in [9.17, 15) is 9.59 Å². The molecule has 0 spiro atoms. The summed E-state index contributed by atoms with van der Waals surface area (Å²) < 4.78 is 0. The van der Waals surface area contributed by atoms with Crippen molar-refractivity contribution >= 4 is 11.8 Å². The summed E-state index contributed by atoms with van der Waals surface area (Å²) in [6.45, 7) is 2.17. The lowest BCUT2D eigenvalue weighted by molar-refractivity contribution is -0.136. The molecule has 98 valence electrons. The smallest absolute Gasteiger partial charge is 0.249 e. The van der Waals surface area contributed by atoms with E-state index in [4.69, 9.17) is 0 Å². The lowest BCUT2D eigenvalue weighted by Gasteiger charge is -2.38. The molecule has 1 aliphatic carbocycles. The summed E-state index contributed by atoms with van der Waals surface area (Å²) in [4.78, 5) is 27.9. The molecule has 0 bridgehead atoms. The van der Waals surface area contributed by atoms with E-state index in [1.807, 2.05) is 9.80 Å². The highest BCUT2D eigenvalue weighted by molar-refractivity contribution is 5.93. The first-order chi connectivity index (χ1) is 8.75. The van der Waals surface area contributed by atoms with Crippen LogP contribution in [0.3, 0.4) is 0 Å². The van der Waals surface area contributed by atoms with E-state index >= 15 is 0 Å². The molecular weight excluding hydrogens is 228 g/mol. The Balaban J connectivity index is 1.66. The van der Waals surface area contributed by atoms with Gasteiger partial charge in [0.2, 0.25) is 11.8 Å². The topological polar surface area (TPSA) is 40.6 Å². The van der Waals surface area contributed by atoms with E-state index in [1.165, 1.54) is 6.42 Å². The fourth-order valence-corrected chi connectivity index (χ4v) is 3.28. The highest BCUT2D eigenvalue weighted by atomic mass is 16.2. The number of allylic oxidation sites excluding steroid dienone is 1. The molecular formula is C14H20N2O2. The van der Waals surface area contributed by atoms with Gasteiger partial charge in [0.25, 0.3) is 0 Å².